The van der Waals surface area contributed by atoms with Crippen molar-refractivity contribution in [1.29, 1.82) is 0 Å². The second-order valence-corrected chi connectivity index (χ2v) is 8.20. The smallest absolute Gasteiger partial charge is 0.257 e. The molecule has 7 nitrogen and oxygen atoms in total. The molecule has 0 saturated heterocycles. The number of fused-ring (bicyclic) bond motifs is 1. The fourth-order valence-corrected chi connectivity index (χ4v) is 3.78. The molecule has 1 heterocycles. The number of ether oxygens (including phenoxy) is 2. The number of carbonyl (C=O) groups excluding carboxylic acids is 2. The van der Waals surface area contributed by atoms with Gasteiger partial charge in [0.05, 0.1) is 11.7 Å². The van der Waals surface area contributed by atoms with E-state index in [4.69, 9.17) is 9.47 Å². The molecule has 1 aromatic rings. The van der Waals surface area contributed by atoms with Crippen LogP contribution in [0.4, 0.5) is 5.69 Å². The summed E-state index contributed by atoms with van der Waals surface area (Å²) in [7, 11) is 3.48. The van der Waals surface area contributed by atoms with E-state index >= 15 is 0 Å². The quantitative estimate of drug-likeness (QED) is 0.793. The molecule has 30 heavy (non-hydrogen) atoms. The number of likely N-dealkylation sites (N-methyl/N-ethyl adjacent to an activating group) is 1. The number of rotatable bonds is 5. The van der Waals surface area contributed by atoms with E-state index < -0.39 is 0 Å². The Morgan fingerprint density at radius 1 is 1.27 bits per heavy atom. The first-order valence-corrected chi connectivity index (χ1v) is 10.9. The molecule has 0 aliphatic carbocycles. The zero-order valence-electron chi connectivity index (χ0n) is 19.2. The topological polar surface area (TPSA) is 71.1 Å². The molecule has 1 N–H and O–H groups in total. The van der Waals surface area contributed by atoms with Crippen LogP contribution in [0.2, 0.25) is 0 Å². The van der Waals surface area contributed by atoms with Gasteiger partial charge in [-0.2, -0.15) is 0 Å². The highest BCUT2D eigenvalue weighted by Gasteiger charge is 2.28. The van der Waals surface area contributed by atoms with E-state index in [1.165, 1.54) is 0 Å². The van der Waals surface area contributed by atoms with Gasteiger partial charge in [0, 0.05) is 45.4 Å². The van der Waals surface area contributed by atoms with Crippen molar-refractivity contribution in [3.05, 3.63) is 23.8 Å². The van der Waals surface area contributed by atoms with Gasteiger partial charge in [0.25, 0.3) is 5.91 Å². The minimum atomic E-state index is -0.148. The van der Waals surface area contributed by atoms with E-state index in [-0.39, 0.29) is 29.9 Å². The molecule has 0 fully saturated rings. The number of carbonyl (C=O) groups is 2. The average molecular weight is 420 g/mol. The maximum Gasteiger partial charge on any atom is 0.257 e. The monoisotopic (exact) mass is 419 g/mol. The molecule has 1 aromatic carbocycles. The highest BCUT2D eigenvalue weighted by molar-refractivity contribution is 5.99. The molecule has 0 unspecified atom stereocenters. The lowest BCUT2D eigenvalue weighted by Crippen LogP contribution is -2.46. The van der Waals surface area contributed by atoms with Crippen LogP contribution in [0.1, 0.15) is 50.9 Å². The molecule has 1 aliphatic heterocycles. The van der Waals surface area contributed by atoms with E-state index in [9.17, 15) is 9.59 Å². The summed E-state index contributed by atoms with van der Waals surface area (Å²) in [6, 6.07) is 5.45. The van der Waals surface area contributed by atoms with Gasteiger partial charge in [-0.25, -0.2) is 0 Å². The lowest BCUT2D eigenvalue weighted by atomic mass is 10.0. The number of anilines is 1. The summed E-state index contributed by atoms with van der Waals surface area (Å²) in [6.45, 7) is 11.1. The van der Waals surface area contributed by atoms with Gasteiger partial charge in [-0.15, -0.1) is 0 Å². The van der Waals surface area contributed by atoms with Gasteiger partial charge in [0.2, 0.25) is 5.91 Å². The van der Waals surface area contributed by atoms with Crippen molar-refractivity contribution < 1.29 is 19.1 Å². The minimum Gasteiger partial charge on any atom is -0.491 e. The number of methoxy groups -OCH3 is 1. The van der Waals surface area contributed by atoms with Crippen molar-refractivity contribution in [1.82, 2.24) is 9.80 Å². The number of amides is 2. The van der Waals surface area contributed by atoms with Crippen LogP contribution in [-0.2, 0) is 9.53 Å². The third-order valence-electron chi connectivity index (χ3n) is 5.69. The Balaban J connectivity index is 2.40. The zero-order valence-corrected chi connectivity index (χ0v) is 19.2. The molecule has 168 valence electrons. The third kappa shape index (κ3) is 6.19. The van der Waals surface area contributed by atoms with Crippen LogP contribution < -0.4 is 10.1 Å². The highest BCUT2D eigenvalue weighted by atomic mass is 16.5. The molecule has 3 atom stereocenters. The van der Waals surface area contributed by atoms with E-state index in [0.717, 1.165) is 19.5 Å². The van der Waals surface area contributed by atoms with Crippen molar-refractivity contribution in [2.45, 2.75) is 52.7 Å². The summed E-state index contributed by atoms with van der Waals surface area (Å²) >= 11 is 0. The van der Waals surface area contributed by atoms with Gasteiger partial charge in [-0.3, -0.25) is 14.5 Å². The molecular weight excluding hydrogens is 382 g/mol. The Labute approximate surface area is 180 Å². The maximum absolute atomic E-state index is 13.2. The second kappa shape index (κ2) is 11.3. The molecule has 1 aliphatic rings. The first-order chi connectivity index (χ1) is 14.3. The molecule has 0 aromatic heterocycles. The number of hydrogen-bond donors (Lipinski definition) is 1. The fraction of sp³-hybridized carbons (Fsp3) is 0.652. The minimum absolute atomic E-state index is 0.0720. The number of nitrogens with zero attached hydrogens (tertiary/aromatic N) is 2. The van der Waals surface area contributed by atoms with Crippen LogP contribution in [-0.4, -0.2) is 74.2 Å². The lowest BCUT2D eigenvalue weighted by Gasteiger charge is -2.35. The van der Waals surface area contributed by atoms with Crippen molar-refractivity contribution in [3.63, 3.8) is 0 Å². The van der Waals surface area contributed by atoms with Crippen LogP contribution in [0, 0.1) is 5.92 Å². The van der Waals surface area contributed by atoms with Crippen molar-refractivity contribution in [2.24, 2.45) is 5.92 Å². The second-order valence-electron chi connectivity index (χ2n) is 8.20. The van der Waals surface area contributed by atoms with E-state index in [1.54, 1.807) is 44.2 Å². The van der Waals surface area contributed by atoms with Crippen molar-refractivity contribution >= 4 is 17.5 Å². The molecule has 0 saturated carbocycles. The molecular formula is C23H37N3O4. The standard InChI is InChI=1S/C23H37N3O4/c1-7-11-26-13-16(3)21(29-6)14-25(5)23(28)19-12-18(24-22(27)8-2)9-10-20(19)30-15-17(26)4/h9-10,12,16-17,21H,7-8,11,13-15H2,1-6H3,(H,24,27)/t16-,17-,21-/m1/s1. The Morgan fingerprint density at radius 2 is 2.00 bits per heavy atom. The average Bonchev–Trinajstić information content (AvgIpc) is 2.74. The lowest BCUT2D eigenvalue weighted by molar-refractivity contribution is -0.115. The largest absolute Gasteiger partial charge is 0.491 e. The van der Waals surface area contributed by atoms with Gasteiger partial charge in [-0.05, 0) is 44.0 Å². The van der Waals surface area contributed by atoms with Gasteiger partial charge in [0.1, 0.15) is 12.4 Å². The first-order valence-electron chi connectivity index (χ1n) is 10.9. The van der Waals surface area contributed by atoms with Gasteiger partial charge < -0.3 is 19.7 Å². The van der Waals surface area contributed by atoms with E-state index in [0.29, 0.717) is 36.6 Å². The van der Waals surface area contributed by atoms with E-state index in [1.807, 2.05) is 0 Å². The summed E-state index contributed by atoms with van der Waals surface area (Å²) in [5, 5.41) is 2.82. The molecule has 7 heteroatoms. The van der Waals surface area contributed by atoms with Gasteiger partial charge in [-0.1, -0.05) is 20.8 Å². The van der Waals surface area contributed by atoms with Crippen molar-refractivity contribution in [3.8, 4) is 5.75 Å². The molecule has 0 spiro atoms. The fourth-order valence-electron chi connectivity index (χ4n) is 3.78. The Bertz CT molecular complexity index is 724. The molecule has 0 bridgehead atoms. The van der Waals surface area contributed by atoms with Gasteiger partial charge in [0.15, 0.2) is 0 Å². The summed E-state index contributed by atoms with van der Waals surface area (Å²) in [6.07, 6.45) is 1.36. The van der Waals surface area contributed by atoms with E-state index in [2.05, 4.69) is 31.0 Å². The van der Waals surface area contributed by atoms with Crippen LogP contribution in [0.15, 0.2) is 18.2 Å². The van der Waals surface area contributed by atoms with Gasteiger partial charge >= 0.3 is 0 Å². The normalized spacial score (nSPS) is 23.7. The summed E-state index contributed by atoms with van der Waals surface area (Å²) in [4.78, 5) is 29.1. The predicted octanol–water partition coefficient (Wildman–Crippen LogP) is 3.25. The zero-order chi connectivity index (χ0) is 22.3. The number of nitrogens with one attached hydrogen (secondary N) is 1. The first kappa shape index (κ1) is 24.2. The summed E-state index contributed by atoms with van der Waals surface area (Å²) in [5.74, 6) is 0.549. The van der Waals surface area contributed by atoms with Crippen LogP contribution >= 0.6 is 0 Å². The Kier molecular flexibility index (Phi) is 9.11. The molecule has 2 amide bonds. The van der Waals surface area contributed by atoms with Crippen LogP contribution in [0.3, 0.4) is 0 Å². The SMILES string of the molecule is CCCN1C[C@@H](C)[C@H](OC)CN(C)C(=O)c2cc(NC(=O)CC)ccc2OC[C@H]1C. The van der Waals surface area contributed by atoms with Crippen LogP contribution in [0.5, 0.6) is 5.75 Å². The summed E-state index contributed by atoms with van der Waals surface area (Å²) in [5.41, 5.74) is 1.04. The Hall–Kier alpha value is -2.12. The molecule has 0 radical (unpaired) electrons. The Morgan fingerprint density at radius 3 is 2.63 bits per heavy atom. The van der Waals surface area contributed by atoms with Crippen molar-refractivity contribution in [2.75, 3.05) is 45.7 Å². The molecule has 2 rings (SSSR count). The van der Waals surface area contributed by atoms with Crippen LogP contribution in [0.25, 0.3) is 0 Å². The highest BCUT2D eigenvalue weighted by Crippen LogP contribution is 2.26. The maximum atomic E-state index is 13.2. The number of hydrogen-bond acceptors (Lipinski definition) is 5. The number of benzene rings is 1. The summed E-state index contributed by atoms with van der Waals surface area (Å²) < 4.78 is 11.9. The third-order valence-corrected chi connectivity index (χ3v) is 5.69. The predicted molar refractivity (Wildman–Crippen MR) is 119 cm³/mol.